The quantitative estimate of drug-likeness (QED) is 0.721. The van der Waals surface area contributed by atoms with Crippen molar-refractivity contribution in [3.8, 4) is 22.5 Å². The number of hydrogen-bond acceptors (Lipinski definition) is 4. The van der Waals surface area contributed by atoms with Crippen molar-refractivity contribution in [3.63, 3.8) is 0 Å². The van der Waals surface area contributed by atoms with Crippen molar-refractivity contribution in [1.29, 1.82) is 0 Å². The van der Waals surface area contributed by atoms with Gasteiger partial charge in [0, 0.05) is 27.5 Å². The summed E-state index contributed by atoms with van der Waals surface area (Å²) in [7, 11) is 0. The first kappa shape index (κ1) is 15.6. The lowest BCUT2D eigenvalue weighted by Gasteiger charge is -2.09. The first-order valence-corrected chi connectivity index (χ1v) is 7.70. The molecule has 0 radical (unpaired) electrons. The molecule has 1 N–H and O–H groups in total. The highest BCUT2D eigenvalue weighted by Gasteiger charge is 2.16. The molecule has 5 nitrogen and oxygen atoms in total. The molecular formula is C16H9BrClN3O2. The predicted octanol–water partition coefficient (Wildman–Crippen LogP) is 4.32. The van der Waals surface area contributed by atoms with E-state index >= 15 is 0 Å². The molecule has 3 aromatic rings. The zero-order valence-corrected chi connectivity index (χ0v) is 13.9. The summed E-state index contributed by atoms with van der Waals surface area (Å²) in [5.41, 5.74) is 2.52. The topological polar surface area (TPSA) is 76.0 Å². The van der Waals surface area contributed by atoms with E-state index < -0.39 is 5.97 Å². The molecule has 3 rings (SSSR count). The second kappa shape index (κ2) is 6.44. The Bertz CT molecular complexity index is 867. The van der Waals surface area contributed by atoms with Crippen LogP contribution in [0.2, 0.25) is 5.02 Å². The van der Waals surface area contributed by atoms with E-state index in [4.69, 9.17) is 16.7 Å². The molecule has 1 aromatic carbocycles. The van der Waals surface area contributed by atoms with Crippen LogP contribution in [0.25, 0.3) is 22.5 Å². The second-order valence-electron chi connectivity index (χ2n) is 4.63. The molecule has 0 unspecified atom stereocenters. The lowest BCUT2D eigenvalue weighted by Crippen LogP contribution is -2.06. The van der Waals surface area contributed by atoms with Gasteiger partial charge in [-0.3, -0.25) is 4.98 Å². The van der Waals surface area contributed by atoms with Gasteiger partial charge in [-0.25, -0.2) is 14.8 Å². The number of aromatic nitrogens is 3. The standard InChI is InChI=1S/C16H9BrClN3O2/c17-10-3-6-13(19-7-10)14-12(8-20-15(21-14)16(22)23)9-1-4-11(18)5-2-9/h1-8H,(H,22,23). The Morgan fingerprint density at radius 2 is 1.78 bits per heavy atom. The summed E-state index contributed by atoms with van der Waals surface area (Å²) in [4.78, 5) is 23.5. The summed E-state index contributed by atoms with van der Waals surface area (Å²) >= 11 is 9.24. The molecule has 0 saturated carbocycles. The first-order chi connectivity index (χ1) is 11.0. The van der Waals surface area contributed by atoms with Gasteiger partial charge in [-0.05, 0) is 45.8 Å². The van der Waals surface area contributed by atoms with Gasteiger partial charge >= 0.3 is 5.97 Å². The number of nitrogens with zero attached hydrogens (tertiary/aromatic N) is 3. The minimum absolute atomic E-state index is 0.276. The number of carbonyl (C=O) groups is 1. The molecule has 0 bridgehead atoms. The highest BCUT2D eigenvalue weighted by atomic mass is 79.9. The van der Waals surface area contributed by atoms with Crippen LogP contribution in [-0.2, 0) is 0 Å². The Kier molecular flexibility index (Phi) is 4.36. The fraction of sp³-hybridized carbons (Fsp3) is 0. The van der Waals surface area contributed by atoms with Crippen LogP contribution >= 0.6 is 27.5 Å². The summed E-state index contributed by atoms with van der Waals surface area (Å²) in [5.74, 6) is -1.46. The van der Waals surface area contributed by atoms with Crippen LogP contribution in [0.1, 0.15) is 10.6 Å². The number of carboxylic acid groups (broad SMARTS) is 1. The van der Waals surface area contributed by atoms with Gasteiger partial charge in [-0.15, -0.1) is 0 Å². The van der Waals surface area contributed by atoms with E-state index in [9.17, 15) is 4.79 Å². The van der Waals surface area contributed by atoms with E-state index in [1.54, 1.807) is 24.4 Å². The molecule has 7 heteroatoms. The summed E-state index contributed by atoms with van der Waals surface area (Å²) in [6.45, 7) is 0. The lowest BCUT2D eigenvalue weighted by atomic mass is 10.0. The van der Waals surface area contributed by atoms with E-state index in [1.807, 2.05) is 18.2 Å². The molecule has 0 spiro atoms. The van der Waals surface area contributed by atoms with Crippen molar-refractivity contribution in [2.45, 2.75) is 0 Å². The van der Waals surface area contributed by atoms with Crippen LogP contribution in [0, 0.1) is 0 Å². The van der Waals surface area contributed by atoms with Crippen molar-refractivity contribution in [2.24, 2.45) is 0 Å². The van der Waals surface area contributed by atoms with Gasteiger partial charge in [0.1, 0.15) is 5.69 Å². The molecule has 2 heterocycles. The van der Waals surface area contributed by atoms with Crippen LogP contribution < -0.4 is 0 Å². The highest BCUT2D eigenvalue weighted by Crippen LogP contribution is 2.30. The van der Waals surface area contributed by atoms with Crippen LogP contribution in [0.3, 0.4) is 0 Å². The van der Waals surface area contributed by atoms with Crippen molar-refractivity contribution in [1.82, 2.24) is 15.0 Å². The number of halogens is 2. The van der Waals surface area contributed by atoms with Crippen LogP contribution in [0.15, 0.2) is 53.3 Å². The number of benzene rings is 1. The number of aromatic carboxylic acids is 1. The van der Waals surface area contributed by atoms with Gasteiger partial charge in [-0.1, -0.05) is 23.7 Å². The van der Waals surface area contributed by atoms with Gasteiger partial charge < -0.3 is 5.11 Å². The minimum Gasteiger partial charge on any atom is -0.475 e. The average molecular weight is 391 g/mol. The molecule has 0 atom stereocenters. The molecule has 0 saturated heterocycles. The molecular weight excluding hydrogens is 382 g/mol. The molecule has 0 fully saturated rings. The van der Waals surface area contributed by atoms with E-state index in [1.165, 1.54) is 6.20 Å². The third kappa shape index (κ3) is 3.38. The minimum atomic E-state index is -1.19. The SMILES string of the molecule is O=C(O)c1ncc(-c2ccc(Cl)cc2)c(-c2ccc(Br)cn2)n1. The van der Waals surface area contributed by atoms with Crippen LogP contribution in [0.5, 0.6) is 0 Å². The third-order valence-corrected chi connectivity index (χ3v) is 3.83. The summed E-state index contributed by atoms with van der Waals surface area (Å²) in [6.07, 6.45) is 3.11. The van der Waals surface area contributed by atoms with Crippen molar-refractivity contribution in [3.05, 3.63) is 64.1 Å². The normalized spacial score (nSPS) is 10.5. The Labute approximate surface area is 145 Å². The maximum Gasteiger partial charge on any atom is 0.373 e. The number of hydrogen-bond donors (Lipinski definition) is 1. The van der Waals surface area contributed by atoms with Gasteiger partial charge in [0.25, 0.3) is 0 Å². The van der Waals surface area contributed by atoms with E-state index in [2.05, 4.69) is 30.9 Å². The largest absolute Gasteiger partial charge is 0.475 e. The van der Waals surface area contributed by atoms with Gasteiger partial charge in [0.2, 0.25) is 5.82 Å². The third-order valence-electron chi connectivity index (χ3n) is 3.11. The van der Waals surface area contributed by atoms with E-state index in [0.717, 1.165) is 10.0 Å². The number of rotatable bonds is 3. The predicted molar refractivity (Wildman–Crippen MR) is 90.4 cm³/mol. The molecule has 2 aromatic heterocycles. The van der Waals surface area contributed by atoms with E-state index in [0.29, 0.717) is 22.0 Å². The smallest absolute Gasteiger partial charge is 0.373 e. The summed E-state index contributed by atoms with van der Waals surface area (Å²) < 4.78 is 0.821. The zero-order valence-electron chi connectivity index (χ0n) is 11.6. The Morgan fingerprint density at radius 3 is 2.39 bits per heavy atom. The second-order valence-corrected chi connectivity index (χ2v) is 5.98. The fourth-order valence-electron chi connectivity index (χ4n) is 2.04. The monoisotopic (exact) mass is 389 g/mol. The Hall–Kier alpha value is -2.31. The van der Waals surface area contributed by atoms with Gasteiger partial charge in [0.15, 0.2) is 0 Å². The lowest BCUT2D eigenvalue weighted by molar-refractivity contribution is 0.0683. The summed E-state index contributed by atoms with van der Waals surface area (Å²) in [6, 6.07) is 10.7. The molecule has 0 aliphatic rings. The maximum absolute atomic E-state index is 11.2. The highest BCUT2D eigenvalue weighted by molar-refractivity contribution is 9.10. The van der Waals surface area contributed by atoms with Gasteiger partial charge in [0.05, 0.1) is 5.69 Å². The summed E-state index contributed by atoms with van der Waals surface area (Å²) in [5, 5.41) is 9.74. The Balaban J connectivity index is 2.20. The average Bonchev–Trinajstić information content (AvgIpc) is 2.56. The van der Waals surface area contributed by atoms with Crippen LogP contribution in [0.4, 0.5) is 0 Å². The van der Waals surface area contributed by atoms with Crippen molar-refractivity contribution in [2.75, 3.05) is 0 Å². The van der Waals surface area contributed by atoms with E-state index in [-0.39, 0.29) is 5.82 Å². The molecule has 0 aliphatic heterocycles. The number of carboxylic acids is 1. The van der Waals surface area contributed by atoms with Crippen molar-refractivity contribution >= 4 is 33.5 Å². The Morgan fingerprint density at radius 1 is 1.04 bits per heavy atom. The fourth-order valence-corrected chi connectivity index (χ4v) is 2.40. The number of pyridine rings is 1. The molecule has 0 amide bonds. The maximum atomic E-state index is 11.2. The zero-order chi connectivity index (χ0) is 16.4. The molecule has 114 valence electrons. The van der Waals surface area contributed by atoms with Crippen LogP contribution in [-0.4, -0.2) is 26.0 Å². The van der Waals surface area contributed by atoms with Gasteiger partial charge in [-0.2, -0.15) is 0 Å². The molecule has 23 heavy (non-hydrogen) atoms. The van der Waals surface area contributed by atoms with Crippen molar-refractivity contribution < 1.29 is 9.90 Å². The first-order valence-electron chi connectivity index (χ1n) is 6.53. The molecule has 0 aliphatic carbocycles.